The number of fused-ring (bicyclic) bond motifs is 1. The van der Waals surface area contributed by atoms with Crippen LogP contribution in [-0.4, -0.2) is 9.97 Å². The molecule has 0 N–H and O–H groups in total. The van der Waals surface area contributed by atoms with Crippen molar-refractivity contribution >= 4 is 21.6 Å². The molecule has 0 bridgehead atoms. The van der Waals surface area contributed by atoms with E-state index >= 15 is 0 Å². The molecule has 0 aliphatic carbocycles. The Kier molecular flexibility index (Phi) is 3.06. The minimum absolute atomic E-state index is 0.0889. The van der Waals surface area contributed by atoms with Crippen LogP contribution in [-0.2, 0) is 6.18 Å². The second-order valence-electron chi connectivity index (χ2n) is 3.95. The van der Waals surface area contributed by atoms with Gasteiger partial charge in [-0.05, 0) is 29.6 Å². The molecular formula is C13H7F3N2OS. The van der Waals surface area contributed by atoms with E-state index in [1.165, 1.54) is 29.8 Å². The number of nitrogens with zero attached hydrogens (tertiary/aromatic N) is 2. The highest BCUT2D eigenvalue weighted by Crippen LogP contribution is 2.34. The third kappa shape index (κ3) is 2.44. The Morgan fingerprint density at radius 3 is 2.75 bits per heavy atom. The molecule has 3 nitrogen and oxygen atoms in total. The Balaban J connectivity index is 1.97. The summed E-state index contributed by atoms with van der Waals surface area (Å²) in [6, 6.07) is 6.45. The predicted octanol–water partition coefficient (Wildman–Crippen LogP) is 4.50. The summed E-state index contributed by atoms with van der Waals surface area (Å²) < 4.78 is 43.3. The van der Waals surface area contributed by atoms with Gasteiger partial charge in [-0.1, -0.05) is 6.07 Å². The first-order chi connectivity index (χ1) is 9.54. The number of hydrogen-bond donors (Lipinski definition) is 0. The SMILES string of the molecule is FC(F)(F)c1cccc(Oc2ncnc3sccc23)c1. The Hall–Kier alpha value is -2.15. The Morgan fingerprint density at radius 1 is 1.10 bits per heavy atom. The van der Waals surface area contributed by atoms with E-state index in [1.54, 1.807) is 6.07 Å². The van der Waals surface area contributed by atoms with Gasteiger partial charge in [0, 0.05) is 0 Å². The Morgan fingerprint density at radius 2 is 1.95 bits per heavy atom. The molecule has 0 saturated carbocycles. The molecule has 3 aromatic rings. The van der Waals surface area contributed by atoms with Crippen LogP contribution in [0, 0.1) is 0 Å². The van der Waals surface area contributed by atoms with Crippen LogP contribution in [0.1, 0.15) is 5.56 Å². The summed E-state index contributed by atoms with van der Waals surface area (Å²) in [4.78, 5) is 8.73. The van der Waals surface area contributed by atoms with Crippen molar-refractivity contribution < 1.29 is 17.9 Å². The summed E-state index contributed by atoms with van der Waals surface area (Å²) in [5.74, 6) is 0.335. The van der Waals surface area contributed by atoms with Gasteiger partial charge in [-0.2, -0.15) is 13.2 Å². The zero-order valence-corrected chi connectivity index (χ0v) is 10.7. The first-order valence-electron chi connectivity index (χ1n) is 5.57. The molecule has 2 heterocycles. The van der Waals surface area contributed by atoms with Crippen LogP contribution >= 0.6 is 11.3 Å². The fourth-order valence-electron chi connectivity index (χ4n) is 1.70. The third-order valence-electron chi connectivity index (χ3n) is 2.60. The van der Waals surface area contributed by atoms with Crippen molar-refractivity contribution in [1.82, 2.24) is 9.97 Å². The third-order valence-corrected chi connectivity index (χ3v) is 3.42. The van der Waals surface area contributed by atoms with E-state index in [-0.39, 0.29) is 11.6 Å². The van der Waals surface area contributed by atoms with Crippen molar-refractivity contribution in [2.75, 3.05) is 0 Å². The molecule has 2 aromatic heterocycles. The smallest absolute Gasteiger partial charge is 0.416 e. The van der Waals surface area contributed by atoms with Crippen molar-refractivity contribution in [3.8, 4) is 11.6 Å². The van der Waals surface area contributed by atoms with E-state index < -0.39 is 11.7 Å². The second-order valence-corrected chi connectivity index (χ2v) is 4.84. The fourth-order valence-corrected chi connectivity index (χ4v) is 2.42. The van der Waals surface area contributed by atoms with Gasteiger partial charge in [0.05, 0.1) is 10.9 Å². The molecule has 0 spiro atoms. The summed E-state index contributed by atoms with van der Waals surface area (Å²) in [7, 11) is 0. The van der Waals surface area contributed by atoms with E-state index in [4.69, 9.17) is 4.74 Å². The predicted molar refractivity (Wildman–Crippen MR) is 68.9 cm³/mol. The fraction of sp³-hybridized carbons (Fsp3) is 0.0769. The van der Waals surface area contributed by atoms with Crippen molar-refractivity contribution in [3.05, 3.63) is 47.6 Å². The average molecular weight is 296 g/mol. The first-order valence-corrected chi connectivity index (χ1v) is 6.45. The molecule has 0 saturated heterocycles. The summed E-state index contributed by atoms with van der Waals surface area (Å²) in [6.45, 7) is 0. The van der Waals surface area contributed by atoms with Gasteiger partial charge < -0.3 is 4.74 Å². The zero-order chi connectivity index (χ0) is 14.2. The van der Waals surface area contributed by atoms with Crippen LogP contribution in [0.5, 0.6) is 11.6 Å². The highest BCUT2D eigenvalue weighted by atomic mass is 32.1. The van der Waals surface area contributed by atoms with Crippen LogP contribution in [0.2, 0.25) is 0 Å². The first kappa shape index (κ1) is 12.9. The lowest BCUT2D eigenvalue weighted by molar-refractivity contribution is -0.137. The molecule has 3 rings (SSSR count). The molecule has 7 heteroatoms. The lowest BCUT2D eigenvalue weighted by Crippen LogP contribution is -2.04. The van der Waals surface area contributed by atoms with Crippen molar-refractivity contribution in [2.24, 2.45) is 0 Å². The largest absolute Gasteiger partial charge is 0.438 e. The summed E-state index contributed by atoms with van der Waals surface area (Å²) >= 11 is 1.41. The maximum Gasteiger partial charge on any atom is 0.416 e. The second kappa shape index (κ2) is 4.75. The van der Waals surface area contributed by atoms with E-state index in [0.717, 1.165) is 17.0 Å². The number of alkyl halides is 3. The van der Waals surface area contributed by atoms with E-state index in [2.05, 4.69) is 9.97 Å². The van der Waals surface area contributed by atoms with Gasteiger partial charge in [0.2, 0.25) is 5.88 Å². The van der Waals surface area contributed by atoms with Crippen LogP contribution in [0.15, 0.2) is 42.0 Å². The summed E-state index contributed by atoms with van der Waals surface area (Å²) in [5.41, 5.74) is -0.759. The molecule has 0 radical (unpaired) electrons. The van der Waals surface area contributed by atoms with Crippen LogP contribution in [0.4, 0.5) is 13.2 Å². The maximum atomic E-state index is 12.6. The van der Waals surface area contributed by atoms with Crippen LogP contribution in [0.3, 0.4) is 0 Å². The lowest BCUT2D eigenvalue weighted by atomic mass is 10.2. The lowest BCUT2D eigenvalue weighted by Gasteiger charge is -2.09. The Labute approximate surface area is 115 Å². The quantitative estimate of drug-likeness (QED) is 0.698. The average Bonchev–Trinajstić information content (AvgIpc) is 2.87. The molecule has 0 unspecified atom stereocenters. The summed E-state index contributed by atoms with van der Waals surface area (Å²) in [5, 5.41) is 2.49. The number of hydrogen-bond acceptors (Lipinski definition) is 4. The molecule has 1 aromatic carbocycles. The van der Waals surface area contributed by atoms with Gasteiger partial charge in [-0.15, -0.1) is 11.3 Å². The molecule has 0 atom stereocenters. The topological polar surface area (TPSA) is 35.0 Å². The zero-order valence-electron chi connectivity index (χ0n) is 9.89. The van der Waals surface area contributed by atoms with Gasteiger partial charge in [0.1, 0.15) is 16.9 Å². The van der Waals surface area contributed by atoms with Crippen LogP contribution in [0.25, 0.3) is 10.2 Å². The number of ether oxygens (including phenoxy) is 1. The number of halogens is 3. The van der Waals surface area contributed by atoms with Gasteiger partial charge in [-0.3, -0.25) is 0 Å². The molecule has 0 amide bonds. The van der Waals surface area contributed by atoms with E-state index in [9.17, 15) is 13.2 Å². The van der Waals surface area contributed by atoms with E-state index in [1.807, 2.05) is 5.38 Å². The number of benzene rings is 1. The molecule has 20 heavy (non-hydrogen) atoms. The maximum absolute atomic E-state index is 12.6. The Bertz CT molecular complexity index is 754. The molecule has 0 aliphatic heterocycles. The van der Waals surface area contributed by atoms with Gasteiger partial charge >= 0.3 is 6.18 Å². The monoisotopic (exact) mass is 296 g/mol. The van der Waals surface area contributed by atoms with Crippen LogP contribution < -0.4 is 4.74 Å². The number of thiophene rings is 1. The minimum Gasteiger partial charge on any atom is -0.438 e. The minimum atomic E-state index is -4.40. The number of aromatic nitrogens is 2. The van der Waals surface area contributed by atoms with E-state index in [0.29, 0.717) is 5.39 Å². The van der Waals surface area contributed by atoms with Gasteiger partial charge in [0.15, 0.2) is 0 Å². The molecular weight excluding hydrogens is 289 g/mol. The summed E-state index contributed by atoms with van der Waals surface area (Å²) in [6.07, 6.45) is -3.08. The standard InChI is InChI=1S/C13H7F3N2OS/c14-13(15,16)8-2-1-3-9(6-8)19-11-10-4-5-20-12(10)18-7-17-11/h1-7H. The van der Waals surface area contributed by atoms with Crippen molar-refractivity contribution in [2.45, 2.75) is 6.18 Å². The normalized spacial score (nSPS) is 11.8. The van der Waals surface area contributed by atoms with Crippen molar-refractivity contribution in [1.29, 1.82) is 0 Å². The van der Waals surface area contributed by atoms with Gasteiger partial charge in [0.25, 0.3) is 0 Å². The molecule has 0 aliphatic rings. The molecule has 102 valence electrons. The van der Waals surface area contributed by atoms with Crippen molar-refractivity contribution in [3.63, 3.8) is 0 Å². The van der Waals surface area contributed by atoms with Gasteiger partial charge in [-0.25, -0.2) is 9.97 Å². The highest BCUT2D eigenvalue weighted by Gasteiger charge is 2.30. The highest BCUT2D eigenvalue weighted by molar-refractivity contribution is 7.16. The molecule has 0 fully saturated rings. The number of rotatable bonds is 2.